The summed E-state index contributed by atoms with van der Waals surface area (Å²) in [6, 6.07) is -0.493. The first-order valence-corrected chi connectivity index (χ1v) is 7.83. The molecule has 0 spiro atoms. The molecule has 0 saturated heterocycles. The number of nitrogens with zero attached hydrogens (tertiary/aromatic N) is 4. The smallest absolute Gasteiger partial charge is 0.317 e. The van der Waals surface area contributed by atoms with Gasteiger partial charge in [-0.2, -0.15) is 4.68 Å². The van der Waals surface area contributed by atoms with Gasteiger partial charge in [-0.25, -0.2) is 18.2 Å². The summed E-state index contributed by atoms with van der Waals surface area (Å²) in [4.78, 5) is 17.5. The van der Waals surface area contributed by atoms with E-state index in [-0.39, 0.29) is 11.2 Å². The summed E-state index contributed by atoms with van der Waals surface area (Å²) in [5.74, 6) is 0. The molecular weight excluding hydrogens is 280 g/mol. The molecule has 0 aliphatic heterocycles. The summed E-state index contributed by atoms with van der Waals surface area (Å²) < 4.78 is 24.8. The zero-order chi connectivity index (χ0) is 15.5. The van der Waals surface area contributed by atoms with Crippen LogP contribution in [0.15, 0.2) is 24.1 Å². The minimum absolute atomic E-state index is 0.0603. The molecule has 0 aliphatic carbocycles. The Morgan fingerprint density at radius 2 is 2.05 bits per heavy atom. The second-order valence-electron chi connectivity index (χ2n) is 4.88. The molecule has 0 fully saturated rings. The predicted octanol–water partition coefficient (Wildman–Crippen LogP) is 1.32. The largest absolute Gasteiger partial charge is 0.346 e. The van der Waals surface area contributed by atoms with Crippen LogP contribution in [0.1, 0.15) is 27.7 Å². The van der Waals surface area contributed by atoms with Gasteiger partial charge in [0.1, 0.15) is 6.33 Å². The van der Waals surface area contributed by atoms with Gasteiger partial charge in [0, 0.05) is 12.6 Å². The van der Waals surface area contributed by atoms with E-state index >= 15 is 0 Å². The molecule has 0 unspecified atom stereocenters. The van der Waals surface area contributed by atoms with Crippen molar-refractivity contribution in [1.29, 1.82) is 0 Å². The number of hydrogen-bond acceptors (Lipinski definition) is 5. The van der Waals surface area contributed by atoms with Crippen LogP contribution >= 0.6 is 0 Å². The van der Waals surface area contributed by atoms with E-state index in [1.54, 1.807) is 6.08 Å². The van der Waals surface area contributed by atoms with Crippen LogP contribution in [0.25, 0.3) is 0 Å². The second kappa shape index (κ2) is 6.17. The molecule has 0 aromatic carbocycles. The Bertz CT molecular complexity index is 590. The lowest BCUT2D eigenvalue weighted by atomic mass is 10.3. The number of rotatable bonds is 5. The van der Waals surface area contributed by atoms with Crippen LogP contribution in [0.2, 0.25) is 0 Å². The van der Waals surface area contributed by atoms with E-state index in [9.17, 15) is 13.2 Å². The lowest BCUT2D eigenvalue weighted by molar-refractivity contribution is 0.188. The van der Waals surface area contributed by atoms with Gasteiger partial charge in [-0.3, -0.25) is 0 Å². The third-order valence-corrected chi connectivity index (χ3v) is 4.67. The summed E-state index contributed by atoms with van der Waals surface area (Å²) in [5, 5.41) is 2.81. The van der Waals surface area contributed by atoms with Crippen molar-refractivity contribution in [3.05, 3.63) is 19.0 Å². The standard InChI is InChI=1S/C12H20N4O3S/c1-6-7-15(9(2)3)12(17)16-8-13-11(14-16)20(18,19)10(4)5/h6,8-10H,1,7H2,2-5H3. The van der Waals surface area contributed by atoms with E-state index in [1.807, 2.05) is 13.8 Å². The molecule has 112 valence electrons. The lowest BCUT2D eigenvalue weighted by Crippen LogP contribution is -2.40. The van der Waals surface area contributed by atoms with Crippen LogP contribution < -0.4 is 0 Å². The van der Waals surface area contributed by atoms with Crippen molar-refractivity contribution in [3.8, 4) is 0 Å². The number of carbonyl (C=O) groups excluding carboxylic acids is 1. The molecule has 0 radical (unpaired) electrons. The van der Waals surface area contributed by atoms with Crippen LogP contribution in [-0.4, -0.2) is 51.9 Å². The first-order chi connectivity index (χ1) is 9.21. The van der Waals surface area contributed by atoms with Gasteiger partial charge in [0.25, 0.3) is 5.16 Å². The molecule has 0 atom stereocenters. The number of carbonyl (C=O) groups is 1. The van der Waals surface area contributed by atoms with E-state index < -0.39 is 21.1 Å². The van der Waals surface area contributed by atoms with Gasteiger partial charge < -0.3 is 4.90 Å². The zero-order valence-corrected chi connectivity index (χ0v) is 13.0. The maximum absolute atomic E-state index is 12.2. The molecule has 0 N–H and O–H groups in total. The molecule has 7 nitrogen and oxygen atoms in total. The number of aromatic nitrogens is 3. The zero-order valence-electron chi connectivity index (χ0n) is 12.1. The van der Waals surface area contributed by atoms with Crippen molar-refractivity contribution in [2.45, 2.75) is 44.1 Å². The Kier molecular flexibility index (Phi) is 5.04. The molecule has 1 heterocycles. The first kappa shape index (κ1) is 16.4. The molecule has 1 rings (SSSR count). The molecule has 8 heteroatoms. The second-order valence-corrected chi connectivity index (χ2v) is 7.28. The minimum atomic E-state index is -3.58. The van der Waals surface area contributed by atoms with Crippen molar-refractivity contribution in [2.24, 2.45) is 0 Å². The van der Waals surface area contributed by atoms with Crippen molar-refractivity contribution in [2.75, 3.05) is 6.54 Å². The van der Waals surface area contributed by atoms with E-state index in [0.717, 1.165) is 11.0 Å². The van der Waals surface area contributed by atoms with Gasteiger partial charge in [0.15, 0.2) is 0 Å². The van der Waals surface area contributed by atoms with Crippen LogP contribution in [-0.2, 0) is 9.84 Å². The van der Waals surface area contributed by atoms with Crippen LogP contribution in [0.4, 0.5) is 4.79 Å². The van der Waals surface area contributed by atoms with Gasteiger partial charge in [0.2, 0.25) is 9.84 Å². The molecule has 1 aromatic heterocycles. The molecular formula is C12H20N4O3S. The lowest BCUT2D eigenvalue weighted by Gasteiger charge is -2.24. The van der Waals surface area contributed by atoms with Crippen LogP contribution in [0, 0.1) is 0 Å². The summed E-state index contributed by atoms with van der Waals surface area (Å²) >= 11 is 0. The molecule has 0 aliphatic rings. The third-order valence-electron chi connectivity index (χ3n) is 2.74. The Labute approximate surface area is 119 Å². The van der Waals surface area contributed by atoms with Gasteiger partial charge in [-0.1, -0.05) is 6.08 Å². The van der Waals surface area contributed by atoms with E-state index in [1.165, 1.54) is 18.7 Å². The molecule has 0 bridgehead atoms. The van der Waals surface area contributed by atoms with Crippen LogP contribution in [0.5, 0.6) is 0 Å². The highest BCUT2D eigenvalue weighted by atomic mass is 32.2. The maximum atomic E-state index is 12.2. The predicted molar refractivity (Wildman–Crippen MR) is 75.2 cm³/mol. The Morgan fingerprint density at radius 3 is 2.50 bits per heavy atom. The van der Waals surface area contributed by atoms with Gasteiger partial charge in [-0.05, 0) is 27.7 Å². The first-order valence-electron chi connectivity index (χ1n) is 6.29. The van der Waals surface area contributed by atoms with Crippen molar-refractivity contribution in [3.63, 3.8) is 0 Å². The Balaban J connectivity index is 3.08. The summed E-state index contributed by atoms with van der Waals surface area (Å²) in [6.45, 7) is 10.7. The average Bonchev–Trinajstić information content (AvgIpc) is 2.84. The fourth-order valence-electron chi connectivity index (χ4n) is 1.46. The summed E-state index contributed by atoms with van der Waals surface area (Å²) in [5.41, 5.74) is 0. The summed E-state index contributed by atoms with van der Waals surface area (Å²) in [7, 11) is -3.58. The van der Waals surface area contributed by atoms with E-state index in [2.05, 4.69) is 16.7 Å². The Hall–Kier alpha value is -1.70. The van der Waals surface area contributed by atoms with Crippen LogP contribution in [0.3, 0.4) is 0 Å². The molecule has 20 heavy (non-hydrogen) atoms. The fraction of sp³-hybridized carbons (Fsp3) is 0.583. The highest BCUT2D eigenvalue weighted by Gasteiger charge is 2.26. The van der Waals surface area contributed by atoms with Gasteiger partial charge >= 0.3 is 6.03 Å². The number of amides is 1. The third kappa shape index (κ3) is 3.24. The monoisotopic (exact) mass is 300 g/mol. The number of sulfone groups is 1. The van der Waals surface area contributed by atoms with Crippen molar-refractivity contribution >= 4 is 15.9 Å². The average molecular weight is 300 g/mol. The van der Waals surface area contributed by atoms with Crippen molar-refractivity contribution in [1.82, 2.24) is 19.7 Å². The quantitative estimate of drug-likeness (QED) is 0.766. The fourth-order valence-corrected chi connectivity index (χ4v) is 2.28. The Morgan fingerprint density at radius 1 is 1.45 bits per heavy atom. The maximum Gasteiger partial charge on any atom is 0.346 e. The van der Waals surface area contributed by atoms with Gasteiger partial charge in [0.05, 0.1) is 5.25 Å². The normalized spacial score (nSPS) is 11.9. The topological polar surface area (TPSA) is 85.2 Å². The van der Waals surface area contributed by atoms with Crippen molar-refractivity contribution < 1.29 is 13.2 Å². The minimum Gasteiger partial charge on any atom is -0.317 e. The SMILES string of the molecule is C=CCN(C(=O)n1cnc(S(=O)(=O)C(C)C)n1)C(C)C. The van der Waals surface area contributed by atoms with E-state index in [0.29, 0.717) is 6.54 Å². The summed E-state index contributed by atoms with van der Waals surface area (Å²) in [6.07, 6.45) is 2.72. The highest BCUT2D eigenvalue weighted by Crippen LogP contribution is 2.11. The molecule has 1 amide bonds. The van der Waals surface area contributed by atoms with Gasteiger partial charge in [-0.15, -0.1) is 11.7 Å². The molecule has 0 saturated carbocycles. The molecule has 1 aromatic rings. The highest BCUT2D eigenvalue weighted by molar-refractivity contribution is 7.91. The van der Waals surface area contributed by atoms with E-state index in [4.69, 9.17) is 0 Å². The number of hydrogen-bond donors (Lipinski definition) is 0.